The second-order valence-corrected chi connectivity index (χ2v) is 5.53. The van der Waals surface area contributed by atoms with E-state index < -0.39 is 0 Å². The highest BCUT2D eigenvalue weighted by molar-refractivity contribution is 7.17. The Morgan fingerprint density at radius 1 is 1.20 bits per heavy atom. The zero-order chi connectivity index (χ0) is 13.9. The number of thiophene rings is 1. The summed E-state index contributed by atoms with van der Waals surface area (Å²) in [5.74, 6) is -0.0354. The average Bonchev–Trinajstić information content (AvgIpc) is 2.92. The summed E-state index contributed by atoms with van der Waals surface area (Å²) >= 11 is 1.59. The van der Waals surface area contributed by atoms with Crippen LogP contribution in [0.4, 0.5) is 0 Å². The number of carbonyl (C=O) groups excluding carboxylic acids is 1. The number of pyridine rings is 1. The Kier molecular flexibility index (Phi) is 3.48. The first-order chi connectivity index (χ1) is 9.75. The third kappa shape index (κ3) is 2.42. The van der Waals surface area contributed by atoms with Crippen LogP contribution in [0, 0.1) is 0 Å². The van der Waals surface area contributed by atoms with E-state index in [1.54, 1.807) is 23.7 Å². The van der Waals surface area contributed by atoms with Gasteiger partial charge in [0, 0.05) is 27.9 Å². The van der Waals surface area contributed by atoms with Gasteiger partial charge >= 0.3 is 0 Å². The van der Waals surface area contributed by atoms with Gasteiger partial charge in [-0.15, -0.1) is 11.3 Å². The van der Waals surface area contributed by atoms with Gasteiger partial charge in [0.1, 0.15) is 0 Å². The van der Waals surface area contributed by atoms with Crippen LogP contribution in [0.15, 0.2) is 54.2 Å². The molecule has 100 valence electrons. The molecule has 2 aromatic heterocycles. The number of nitrogens with zero attached hydrogens (tertiary/aromatic N) is 1. The first-order valence-electron chi connectivity index (χ1n) is 6.43. The van der Waals surface area contributed by atoms with Gasteiger partial charge in [0.25, 0.3) is 5.91 Å². The molecule has 0 saturated heterocycles. The predicted molar refractivity (Wildman–Crippen MR) is 81.9 cm³/mol. The third-order valence-corrected chi connectivity index (χ3v) is 4.24. The highest BCUT2D eigenvalue weighted by atomic mass is 32.1. The number of benzene rings is 1. The van der Waals surface area contributed by atoms with Crippen LogP contribution in [-0.4, -0.2) is 10.9 Å². The van der Waals surface area contributed by atoms with E-state index in [4.69, 9.17) is 0 Å². The standard InChI is InChI=1S/C16H14N2OS/c1-11(12-6-8-17-9-7-12)18-16(19)14-10-20-15-5-3-2-4-13(14)15/h2-11H,1H3,(H,18,19)/t11-/m1/s1. The summed E-state index contributed by atoms with van der Waals surface area (Å²) in [4.78, 5) is 16.4. The van der Waals surface area contributed by atoms with Crippen molar-refractivity contribution in [2.24, 2.45) is 0 Å². The molecule has 0 aliphatic carbocycles. The number of nitrogens with one attached hydrogen (secondary N) is 1. The van der Waals surface area contributed by atoms with Crippen LogP contribution in [-0.2, 0) is 0 Å². The SMILES string of the molecule is C[C@@H](NC(=O)c1csc2ccccc12)c1ccncc1. The maximum absolute atomic E-state index is 12.4. The predicted octanol–water partition coefficient (Wildman–Crippen LogP) is 3.79. The number of rotatable bonds is 3. The fourth-order valence-electron chi connectivity index (χ4n) is 2.16. The minimum absolute atomic E-state index is 0.0354. The molecule has 0 unspecified atom stereocenters. The summed E-state index contributed by atoms with van der Waals surface area (Å²) in [7, 11) is 0. The number of amides is 1. The highest BCUT2D eigenvalue weighted by Gasteiger charge is 2.14. The molecule has 0 saturated carbocycles. The molecule has 3 aromatic rings. The van der Waals surface area contributed by atoms with E-state index >= 15 is 0 Å². The van der Waals surface area contributed by atoms with E-state index in [-0.39, 0.29) is 11.9 Å². The smallest absolute Gasteiger partial charge is 0.253 e. The molecular weight excluding hydrogens is 268 g/mol. The molecule has 4 heteroatoms. The molecule has 0 bridgehead atoms. The van der Waals surface area contributed by atoms with E-state index in [1.165, 1.54) is 0 Å². The quantitative estimate of drug-likeness (QED) is 0.794. The van der Waals surface area contributed by atoms with Crippen LogP contribution < -0.4 is 5.32 Å². The molecular formula is C16H14N2OS. The molecule has 3 nitrogen and oxygen atoms in total. The normalized spacial score (nSPS) is 12.2. The molecule has 1 N–H and O–H groups in total. The number of hydrogen-bond acceptors (Lipinski definition) is 3. The summed E-state index contributed by atoms with van der Waals surface area (Å²) < 4.78 is 1.13. The van der Waals surface area contributed by atoms with E-state index in [2.05, 4.69) is 10.3 Å². The van der Waals surface area contributed by atoms with Crippen LogP contribution in [0.3, 0.4) is 0 Å². The third-order valence-electron chi connectivity index (χ3n) is 3.28. The molecule has 3 rings (SSSR count). The van der Waals surface area contributed by atoms with Crippen molar-refractivity contribution in [1.82, 2.24) is 10.3 Å². The van der Waals surface area contributed by atoms with E-state index in [1.807, 2.05) is 48.7 Å². The monoisotopic (exact) mass is 282 g/mol. The zero-order valence-electron chi connectivity index (χ0n) is 11.0. The van der Waals surface area contributed by atoms with Gasteiger partial charge in [-0.3, -0.25) is 9.78 Å². The van der Waals surface area contributed by atoms with Gasteiger partial charge in [0.2, 0.25) is 0 Å². The summed E-state index contributed by atoms with van der Waals surface area (Å²) in [6, 6.07) is 11.7. The molecule has 0 aliphatic heterocycles. The Hall–Kier alpha value is -2.20. The van der Waals surface area contributed by atoms with Gasteiger partial charge in [-0.05, 0) is 30.7 Å². The lowest BCUT2D eigenvalue weighted by Crippen LogP contribution is -2.26. The van der Waals surface area contributed by atoms with Crippen molar-refractivity contribution < 1.29 is 4.79 Å². The summed E-state index contributed by atoms with van der Waals surface area (Å²) in [5.41, 5.74) is 1.79. The van der Waals surface area contributed by atoms with Gasteiger partial charge in [-0.2, -0.15) is 0 Å². The Morgan fingerprint density at radius 2 is 1.95 bits per heavy atom. The molecule has 0 fully saturated rings. The lowest BCUT2D eigenvalue weighted by atomic mass is 10.1. The molecule has 20 heavy (non-hydrogen) atoms. The molecule has 0 spiro atoms. The van der Waals surface area contributed by atoms with Crippen molar-refractivity contribution in [2.75, 3.05) is 0 Å². The van der Waals surface area contributed by atoms with Crippen molar-refractivity contribution >= 4 is 27.3 Å². The first-order valence-corrected chi connectivity index (χ1v) is 7.30. The van der Waals surface area contributed by atoms with Crippen LogP contribution in [0.1, 0.15) is 28.9 Å². The summed E-state index contributed by atoms with van der Waals surface area (Å²) in [6.07, 6.45) is 3.47. The Labute approximate surface area is 121 Å². The number of carbonyl (C=O) groups is 1. The van der Waals surface area contributed by atoms with Crippen LogP contribution >= 0.6 is 11.3 Å². The zero-order valence-corrected chi connectivity index (χ0v) is 11.9. The Balaban J connectivity index is 1.83. The molecule has 2 heterocycles. The highest BCUT2D eigenvalue weighted by Crippen LogP contribution is 2.26. The van der Waals surface area contributed by atoms with E-state index in [9.17, 15) is 4.79 Å². The van der Waals surface area contributed by atoms with Crippen molar-refractivity contribution in [1.29, 1.82) is 0 Å². The van der Waals surface area contributed by atoms with Crippen LogP contribution in [0.25, 0.3) is 10.1 Å². The minimum atomic E-state index is -0.0378. The van der Waals surface area contributed by atoms with Crippen molar-refractivity contribution in [3.8, 4) is 0 Å². The maximum atomic E-state index is 12.4. The average molecular weight is 282 g/mol. The van der Waals surface area contributed by atoms with Crippen molar-refractivity contribution in [3.05, 3.63) is 65.3 Å². The topological polar surface area (TPSA) is 42.0 Å². The number of hydrogen-bond donors (Lipinski definition) is 1. The molecule has 1 aromatic carbocycles. The fraction of sp³-hybridized carbons (Fsp3) is 0.125. The number of aromatic nitrogens is 1. The molecule has 0 aliphatic rings. The fourth-order valence-corrected chi connectivity index (χ4v) is 3.10. The van der Waals surface area contributed by atoms with Crippen LogP contribution in [0.5, 0.6) is 0 Å². The number of fused-ring (bicyclic) bond motifs is 1. The van der Waals surface area contributed by atoms with E-state index in [0.717, 1.165) is 21.2 Å². The van der Waals surface area contributed by atoms with Gasteiger partial charge in [-0.25, -0.2) is 0 Å². The van der Waals surface area contributed by atoms with E-state index in [0.29, 0.717) is 0 Å². The maximum Gasteiger partial charge on any atom is 0.253 e. The van der Waals surface area contributed by atoms with Crippen LogP contribution in [0.2, 0.25) is 0 Å². The second kappa shape index (κ2) is 5.43. The van der Waals surface area contributed by atoms with Crippen molar-refractivity contribution in [3.63, 3.8) is 0 Å². The van der Waals surface area contributed by atoms with Gasteiger partial charge in [0.05, 0.1) is 11.6 Å². The van der Waals surface area contributed by atoms with Gasteiger partial charge < -0.3 is 5.32 Å². The van der Waals surface area contributed by atoms with Gasteiger partial charge in [-0.1, -0.05) is 18.2 Å². The summed E-state index contributed by atoms with van der Waals surface area (Å²) in [5, 5.41) is 5.96. The minimum Gasteiger partial charge on any atom is -0.345 e. The Bertz CT molecular complexity index is 736. The lowest BCUT2D eigenvalue weighted by Gasteiger charge is -2.13. The summed E-state index contributed by atoms with van der Waals surface area (Å²) in [6.45, 7) is 1.97. The largest absolute Gasteiger partial charge is 0.345 e. The molecule has 1 atom stereocenters. The Morgan fingerprint density at radius 3 is 2.75 bits per heavy atom. The van der Waals surface area contributed by atoms with Gasteiger partial charge in [0.15, 0.2) is 0 Å². The first kappa shape index (κ1) is 12.8. The lowest BCUT2D eigenvalue weighted by molar-refractivity contribution is 0.0942. The molecule has 0 radical (unpaired) electrons. The second-order valence-electron chi connectivity index (χ2n) is 4.62. The molecule has 1 amide bonds. The van der Waals surface area contributed by atoms with Crippen molar-refractivity contribution in [2.45, 2.75) is 13.0 Å².